The molecule has 1 saturated heterocycles. The Labute approximate surface area is 114 Å². The third-order valence-electron chi connectivity index (χ3n) is 4.10. The van der Waals surface area contributed by atoms with Gasteiger partial charge >= 0.3 is 0 Å². The Kier molecular flexibility index (Phi) is 6.09. The summed E-state index contributed by atoms with van der Waals surface area (Å²) in [4.78, 5) is 5.22. The SMILES string of the molecule is CC(CN)CC(C)CN1CCN(C(C)(C)C)CC1. The molecule has 0 aromatic heterocycles. The van der Waals surface area contributed by atoms with Gasteiger partial charge in [-0.1, -0.05) is 13.8 Å². The van der Waals surface area contributed by atoms with Gasteiger partial charge in [-0.25, -0.2) is 0 Å². The minimum atomic E-state index is 0.325. The predicted octanol–water partition coefficient (Wildman–Crippen LogP) is 2.02. The molecule has 3 heteroatoms. The summed E-state index contributed by atoms with van der Waals surface area (Å²) in [5, 5.41) is 0. The van der Waals surface area contributed by atoms with Crippen LogP contribution in [0.2, 0.25) is 0 Å². The van der Waals surface area contributed by atoms with Crippen molar-refractivity contribution < 1.29 is 0 Å². The smallest absolute Gasteiger partial charge is 0.0126 e. The molecule has 0 aromatic carbocycles. The van der Waals surface area contributed by atoms with Crippen molar-refractivity contribution in [3.63, 3.8) is 0 Å². The Balaban J connectivity index is 2.27. The molecule has 108 valence electrons. The summed E-state index contributed by atoms with van der Waals surface area (Å²) in [6, 6.07) is 0. The molecule has 0 aromatic rings. The van der Waals surface area contributed by atoms with Gasteiger partial charge in [0.05, 0.1) is 0 Å². The van der Waals surface area contributed by atoms with E-state index in [1.165, 1.54) is 39.1 Å². The molecule has 0 radical (unpaired) electrons. The van der Waals surface area contributed by atoms with Crippen molar-refractivity contribution in [2.75, 3.05) is 39.3 Å². The van der Waals surface area contributed by atoms with Crippen LogP contribution in [0.15, 0.2) is 0 Å². The Morgan fingerprint density at radius 1 is 1.00 bits per heavy atom. The minimum Gasteiger partial charge on any atom is -0.330 e. The summed E-state index contributed by atoms with van der Waals surface area (Å²) < 4.78 is 0. The number of piperazine rings is 1. The third-order valence-corrected chi connectivity index (χ3v) is 4.10. The van der Waals surface area contributed by atoms with E-state index in [2.05, 4.69) is 44.4 Å². The molecular formula is C15H33N3. The van der Waals surface area contributed by atoms with Gasteiger partial charge in [0.1, 0.15) is 0 Å². The third kappa shape index (κ3) is 5.25. The van der Waals surface area contributed by atoms with Crippen LogP contribution in [0, 0.1) is 11.8 Å². The molecule has 18 heavy (non-hydrogen) atoms. The summed E-state index contributed by atoms with van der Waals surface area (Å²) in [6.45, 7) is 18.5. The fraction of sp³-hybridized carbons (Fsp3) is 1.00. The van der Waals surface area contributed by atoms with Crippen molar-refractivity contribution >= 4 is 0 Å². The molecule has 1 fully saturated rings. The van der Waals surface area contributed by atoms with Gasteiger partial charge < -0.3 is 10.6 Å². The van der Waals surface area contributed by atoms with E-state index in [1.807, 2.05) is 0 Å². The minimum absolute atomic E-state index is 0.325. The second-order valence-electron chi connectivity index (χ2n) is 7.14. The average molecular weight is 255 g/mol. The normalized spacial score (nSPS) is 23.0. The Morgan fingerprint density at radius 3 is 2.00 bits per heavy atom. The highest BCUT2D eigenvalue weighted by molar-refractivity contribution is 4.82. The van der Waals surface area contributed by atoms with E-state index in [-0.39, 0.29) is 0 Å². The molecular weight excluding hydrogens is 222 g/mol. The van der Waals surface area contributed by atoms with E-state index in [0.29, 0.717) is 11.5 Å². The van der Waals surface area contributed by atoms with Crippen LogP contribution in [0.25, 0.3) is 0 Å². The van der Waals surface area contributed by atoms with Crippen molar-refractivity contribution in [3.8, 4) is 0 Å². The first kappa shape index (κ1) is 15.9. The van der Waals surface area contributed by atoms with Gasteiger partial charge in [-0.15, -0.1) is 0 Å². The second kappa shape index (κ2) is 6.88. The van der Waals surface area contributed by atoms with Gasteiger partial charge in [0.2, 0.25) is 0 Å². The molecule has 0 aliphatic carbocycles. The van der Waals surface area contributed by atoms with E-state index in [1.54, 1.807) is 0 Å². The lowest BCUT2D eigenvalue weighted by molar-refractivity contribution is 0.0549. The molecule has 2 unspecified atom stereocenters. The maximum atomic E-state index is 5.70. The van der Waals surface area contributed by atoms with Crippen LogP contribution in [0.5, 0.6) is 0 Å². The van der Waals surface area contributed by atoms with Crippen LogP contribution >= 0.6 is 0 Å². The van der Waals surface area contributed by atoms with Crippen molar-refractivity contribution in [3.05, 3.63) is 0 Å². The monoisotopic (exact) mass is 255 g/mol. The lowest BCUT2D eigenvalue weighted by atomic mass is 9.96. The average Bonchev–Trinajstić information content (AvgIpc) is 2.28. The molecule has 0 saturated carbocycles. The number of hydrogen-bond donors (Lipinski definition) is 1. The first-order valence-electron chi connectivity index (χ1n) is 7.50. The number of nitrogens with zero attached hydrogens (tertiary/aromatic N) is 2. The van der Waals surface area contributed by atoms with Crippen LogP contribution in [0.4, 0.5) is 0 Å². The van der Waals surface area contributed by atoms with Gasteiger partial charge in [-0.05, 0) is 45.6 Å². The molecule has 0 spiro atoms. The van der Waals surface area contributed by atoms with Crippen molar-refractivity contribution in [2.45, 2.75) is 46.6 Å². The van der Waals surface area contributed by atoms with Gasteiger partial charge in [-0.2, -0.15) is 0 Å². The van der Waals surface area contributed by atoms with E-state index >= 15 is 0 Å². The molecule has 1 heterocycles. The molecule has 2 atom stereocenters. The van der Waals surface area contributed by atoms with Gasteiger partial charge in [0.25, 0.3) is 0 Å². The fourth-order valence-electron chi connectivity index (χ4n) is 2.90. The number of nitrogens with two attached hydrogens (primary N) is 1. The van der Waals surface area contributed by atoms with Gasteiger partial charge in [0.15, 0.2) is 0 Å². The lowest BCUT2D eigenvalue weighted by Gasteiger charge is -2.43. The second-order valence-corrected chi connectivity index (χ2v) is 7.14. The number of hydrogen-bond acceptors (Lipinski definition) is 3. The summed E-state index contributed by atoms with van der Waals surface area (Å²) in [7, 11) is 0. The predicted molar refractivity (Wildman–Crippen MR) is 79.8 cm³/mol. The Hall–Kier alpha value is -0.120. The fourth-order valence-corrected chi connectivity index (χ4v) is 2.90. The van der Waals surface area contributed by atoms with Crippen LogP contribution in [-0.2, 0) is 0 Å². The highest BCUT2D eigenvalue weighted by Crippen LogP contribution is 2.18. The van der Waals surface area contributed by atoms with E-state index in [4.69, 9.17) is 5.73 Å². The zero-order valence-electron chi connectivity index (χ0n) is 13.1. The summed E-state index contributed by atoms with van der Waals surface area (Å²) in [5.74, 6) is 1.43. The highest BCUT2D eigenvalue weighted by atomic mass is 15.3. The van der Waals surface area contributed by atoms with Gasteiger partial charge in [0, 0.05) is 38.3 Å². The van der Waals surface area contributed by atoms with Crippen molar-refractivity contribution in [1.82, 2.24) is 9.80 Å². The maximum absolute atomic E-state index is 5.70. The molecule has 0 bridgehead atoms. The number of rotatable bonds is 5. The van der Waals surface area contributed by atoms with Crippen LogP contribution in [0.3, 0.4) is 0 Å². The first-order chi connectivity index (χ1) is 8.32. The van der Waals surface area contributed by atoms with Crippen molar-refractivity contribution in [1.29, 1.82) is 0 Å². The topological polar surface area (TPSA) is 32.5 Å². The van der Waals surface area contributed by atoms with Gasteiger partial charge in [-0.3, -0.25) is 4.90 Å². The van der Waals surface area contributed by atoms with E-state index in [9.17, 15) is 0 Å². The summed E-state index contributed by atoms with van der Waals surface area (Å²) in [5.41, 5.74) is 6.02. The van der Waals surface area contributed by atoms with Crippen molar-refractivity contribution in [2.24, 2.45) is 17.6 Å². The zero-order chi connectivity index (χ0) is 13.8. The summed E-state index contributed by atoms with van der Waals surface area (Å²) >= 11 is 0. The molecule has 2 N–H and O–H groups in total. The lowest BCUT2D eigenvalue weighted by Crippen LogP contribution is -2.54. The van der Waals surface area contributed by atoms with E-state index in [0.717, 1.165) is 12.5 Å². The largest absolute Gasteiger partial charge is 0.330 e. The molecule has 0 amide bonds. The highest BCUT2D eigenvalue weighted by Gasteiger charge is 2.26. The summed E-state index contributed by atoms with van der Waals surface area (Å²) in [6.07, 6.45) is 1.26. The van der Waals surface area contributed by atoms with Crippen LogP contribution in [-0.4, -0.2) is 54.6 Å². The van der Waals surface area contributed by atoms with Crippen LogP contribution < -0.4 is 5.73 Å². The van der Waals surface area contributed by atoms with E-state index < -0.39 is 0 Å². The molecule has 3 nitrogen and oxygen atoms in total. The zero-order valence-corrected chi connectivity index (χ0v) is 13.1. The molecule has 1 aliphatic heterocycles. The standard InChI is InChI=1S/C15H33N3/c1-13(11-16)10-14(2)12-17-6-8-18(9-7-17)15(3,4)5/h13-14H,6-12,16H2,1-5H3. The Bertz CT molecular complexity index is 226. The van der Waals surface area contributed by atoms with Crippen LogP contribution in [0.1, 0.15) is 41.0 Å². The molecule has 1 aliphatic rings. The quantitative estimate of drug-likeness (QED) is 0.816. The first-order valence-corrected chi connectivity index (χ1v) is 7.50. The Morgan fingerprint density at radius 2 is 1.56 bits per heavy atom. The maximum Gasteiger partial charge on any atom is 0.0126 e. The molecule has 1 rings (SSSR count).